The van der Waals surface area contributed by atoms with Gasteiger partial charge in [0, 0.05) is 5.69 Å². The van der Waals surface area contributed by atoms with Crippen molar-refractivity contribution in [2.45, 2.75) is 6.92 Å². The molecule has 1 aliphatic rings. The average molecular weight is 312 g/mol. The number of benzene rings is 1. The Labute approximate surface area is 130 Å². The number of aryl methyl sites for hydroxylation is 1. The third kappa shape index (κ3) is 2.21. The van der Waals surface area contributed by atoms with Gasteiger partial charge in [0.2, 0.25) is 5.88 Å². The van der Waals surface area contributed by atoms with Gasteiger partial charge in [0.25, 0.3) is 5.91 Å². The first-order valence-corrected chi connectivity index (χ1v) is 7.18. The van der Waals surface area contributed by atoms with Gasteiger partial charge in [-0.05, 0) is 31.2 Å². The molecule has 0 aliphatic carbocycles. The molecule has 1 N–H and O–H groups in total. The maximum Gasteiger partial charge on any atom is 0.260 e. The Bertz CT molecular complexity index is 922. The molecule has 4 rings (SSSR count). The van der Waals surface area contributed by atoms with Crippen LogP contribution in [0.2, 0.25) is 0 Å². The summed E-state index contributed by atoms with van der Waals surface area (Å²) in [7, 11) is 0. The van der Waals surface area contributed by atoms with E-state index in [1.54, 1.807) is 11.0 Å². The van der Waals surface area contributed by atoms with Crippen LogP contribution >= 0.6 is 0 Å². The predicted molar refractivity (Wildman–Crippen MR) is 82.2 cm³/mol. The van der Waals surface area contributed by atoms with Crippen LogP contribution in [0.25, 0.3) is 11.0 Å². The zero-order valence-electron chi connectivity index (χ0n) is 12.3. The van der Waals surface area contributed by atoms with Crippen molar-refractivity contribution in [2.24, 2.45) is 0 Å². The molecule has 3 aromatic rings. The lowest BCUT2D eigenvalue weighted by Gasteiger charge is -2.29. The Morgan fingerprint density at radius 2 is 2.26 bits per heavy atom. The number of nitrogens with one attached hydrogen (secondary N) is 1. The van der Waals surface area contributed by atoms with Crippen LogP contribution in [0.1, 0.15) is 16.1 Å². The van der Waals surface area contributed by atoms with E-state index in [1.807, 2.05) is 13.0 Å². The van der Waals surface area contributed by atoms with Crippen molar-refractivity contribution in [3.63, 3.8) is 0 Å². The number of rotatable bonds is 1. The minimum Gasteiger partial charge on any atom is -0.474 e. The first-order chi connectivity index (χ1) is 11.1. The number of aromatic nitrogens is 3. The zero-order chi connectivity index (χ0) is 16.0. The normalized spacial score (nSPS) is 13.7. The molecule has 0 atom stereocenters. The van der Waals surface area contributed by atoms with E-state index in [9.17, 15) is 9.18 Å². The molecule has 0 radical (unpaired) electrons. The minimum atomic E-state index is -0.486. The smallest absolute Gasteiger partial charge is 0.260 e. The van der Waals surface area contributed by atoms with Crippen LogP contribution in [-0.4, -0.2) is 34.0 Å². The molecule has 116 valence electrons. The summed E-state index contributed by atoms with van der Waals surface area (Å²) in [4.78, 5) is 25.7. The maximum absolute atomic E-state index is 13.8. The number of nitrogens with zero attached hydrogens (tertiary/aromatic N) is 3. The molecule has 1 aromatic carbocycles. The predicted octanol–water partition coefficient (Wildman–Crippen LogP) is 2.44. The Morgan fingerprint density at radius 1 is 1.39 bits per heavy atom. The van der Waals surface area contributed by atoms with E-state index < -0.39 is 5.82 Å². The lowest BCUT2D eigenvalue weighted by Crippen LogP contribution is -2.38. The van der Waals surface area contributed by atoms with Gasteiger partial charge in [-0.3, -0.25) is 9.69 Å². The highest BCUT2D eigenvalue weighted by Gasteiger charge is 2.27. The molecule has 7 heteroatoms. The topological polar surface area (TPSA) is 71.1 Å². The second-order valence-corrected chi connectivity index (χ2v) is 5.33. The first kappa shape index (κ1) is 13.7. The molecule has 1 aliphatic heterocycles. The van der Waals surface area contributed by atoms with Gasteiger partial charge in [0.05, 0.1) is 24.0 Å². The molecule has 0 unspecified atom stereocenters. The monoisotopic (exact) mass is 312 g/mol. The van der Waals surface area contributed by atoms with Gasteiger partial charge in [-0.2, -0.15) is 0 Å². The summed E-state index contributed by atoms with van der Waals surface area (Å²) in [6.45, 7) is 2.57. The molecule has 0 spiro atoms. The summed E-state index contributed by atoms with van der Waals surface area (Å²) in [5, 5.41) is 0. The second kappa shape index (κ2) is 5.05. The molecule has 0 saturated carbocycles. The highest BCUT2D eigenvalue weighted by molar-refractivity contribution is 6.13. The molecule has 0 fully saturated rings. The standard InChI is InChI=1S/C16H13FN4O2/c1-9-2-3-13-15(20-9)23-5-4-21(13)16(22)11-6-10(17)7-12-14(11)19-8-18-12/h2-3,6-8H,4-5H2,1H3,(H,18,19). The number of hydrogen-bond acceptors (Lipinski definition) is 4. The number of hydrogen-bond donors (Lipinski definition) is 1. The molecule has 0 bridgehead atoms. The summed E-state index contributed by atoms with van der Waals surface area (Å²) < 4.78 is 19.3. The van der Waals surface area contributed by atoms with Crippen LogP contribution in [0.15, 0.2) is 30.6 Å². The van der Waals surface area contributed by atoms with E-state index in [1.165, 1.54) is 18.5 Å². The molecule has 23 heavy (non-hydrogen) atoms. The van der Waals surface area contributed by atoms with Crippen LogP contribution < -0.4 is 9.64 Å². The van der Waals surface area contributed by atoms with E-state index in [0.717, 1.165) is 5.69 Å². The lowest BCUT2D eigenvalue weighted by molar-refractivity contribution is 0.0976. The summed E-state index contributed by atoms with van der Waals surface area (Å²) in [6.07, 6.45) is 1.44. The number of anilines is 1. The van der Waals surface area contributed by atoms with Crippen molar-refractivity contribution >= 4 is 22.6 Å². The summed E-state index contributed by atoms with van der Waals surface area (Å²) in [5.74, 6) is -0.392. The van der Waals surface area contributed by atoms with Crippen molar-refractivity contribution in [2.75, 3.05) is 18.1 Å². The van der Waals surface area contributed by atoms with Crippen molar-refractivity contribution in [1.82, 2.24) is 15.0 Å². The maximum atomic E-state index is 13.8. The van der Waals surface area contributed by atoms with Gasteiger partial charge in [-0.1, -0.05) is 0 Å². The number of pyridine rings is 1. The number of ether oxygens (including phenoxy) is 1. The quantitative estimate of drug-likeness (QED) is 0.749. The van der Waals surface area contributed by atoms with Crippen LogP contribution in [0.5, 0.6) is 5.88 Å². The third-order valence-electron chi connectivity index (χ3n) is 3.79. The Morgan fingerprint density at radius 3 is 3.13 bits per heavy atom. The molecule has 2 aromatic heterocycles. The molecule has 6 nitrogen and oxygen atoms in total. The second-order valence-electron chi connectivity index (χ2n) is 5.33. The Kier molecular flexibility index (Phi) is 3.00. The number of carbonyl (C=O) groups is 1. The zero-order valence-corrected chi connectivity index (χ0v) is 12.3. The van der Waals surface area contributed by atoms with E-state index >= 15 is 0 Å². The highest BCUT2D eigenvalue weighted by atomic mass is 19.1. The van der Waals surface area contributed by atoms with Gasteiger partial charge < -0.3 is 9.72 Å². The molecular weight excluding hydrogens is 299 g/mol. The number of carbonyl (C=O) groups excluding carboxylic acids is 1. The summed E-state index contributed by atoms with van der Waals surface area (Å²) in [6, 6.07) is 6.12. The average Bonchev–Trinajstić information content (AvgIpc) is 3.00. The fourth-order valence-corrected chi connectivity index (χ4v) is 2.73. The lowest BCUT2D eigenvalue weighted by atomic mass is 10.1. The number of H-pyrrole nitrogens is 1. The van der Waals surface area contributed by atoms with E-state index in [0.29, 0.717) is 35.8 Å². The fraction of sp³-hybridized carbons (Fsp3) is 0.188. The largest absolute Gasteiger partial charge is 0.474 e. The summed E-state index contributed by atoms with van der Waals surface area (Å²) >= 11 is 0. The van der Waals surface area contributed by atoms with Crippen molar-refractivity contribution in [1.29, 1.82) is 0 Å². The van der Waals surface area contributed by atoms with E-state index in [2.05, 4.69) is 15.0 Å². The van der Waals surface area contributed by atoms with E-state index in [4.69, 9.17) is 4.74 Å². The number of amides is 1. The van der Waals surface area contributed by atoms with Gasteiger partial charge in [-0.15, -0.1) is 0 Å². The van der Waals surface area contributed by atoms with Crippen molar-refractivity contribution in [3.8, 4) is 5.88 Å². The van der Waals surface area contributed by atoms with Crippen LogP contribution in [-0.2, 0) is 0 Å². The molecular formula is C16H13FN4O2. The van der Waals surface area contributed by atoms with Crippen LogP contribution in [0.3, 0.4) is 0 Å². The van der Waals surface area contributed by atoms with Crippen LogP contribution in [0, 0.1) is 12.7 Å². The molecule has 1 amide bonds. The Balaban J connectivity index is 1.82. The first-order valence-electron chi connectivity index (χ1n) is 7.18. The summed E-state index contributed by atoms with van der Waals surface area (Å²) in [5.41, 5.74) is 2.54. The van der Waals surface area contributed by atoms with Crippen molar-refractivity contribution < 1.29 is 13.9 Å². The SMILES string of the molecule is Cc1ccc2c(n1)OCCN2C(=O)c1cc(F)cc2[nH]cnc12. The van der Waals surface area contributed by atoms with Gasteiger partial charge in [-0.25, -0.2) is 14.4 Å². The number of halogens is 1. The van der Waals surface area contributed by atoms with Crippen molar-refractivity contribution in [3.05, 3.63) is 47.7 Å². The Hall–Kier alpha value is -2.96. The highest BCUT2D eigenvalue weighted by Crippen LogP contribution is 2.31. The third-order valence-corrected chi connectivity index (χ3v) is 3.79. The van der Waals surface area contributed by atoms with Gasteiger partial charge >= 0.3 is 0 Å². The minimum absolute atomic E-state index is 0.217. The van der Waals surface area contributed by atoms with Crippen LogP contribution in [0.4, 0.5) is 10.1 Å². The molecule has 0 saturated heterocycles. The number of aromatic amines is 1. The van der Waals surface area contributed by atoms with E-state index in [-0.39, 0.29) is 11.5 Å². The van der Waals surface area contributed by atoms with Gasteiger partial charge in [0.1, 0.15) is 23.6 Å². The number of imidazole rings is 1. The van der Waals surface area contributed by atoms with Gasteiger partial charge in [0.15, 0.2) is 0 Å². The number of fused-ring (bicyclic) bond motifs is 2. The molecule has 3 heterocycles. The fourth-order valence-electron chi connectivity index (χ4n) is 2.73.